The van der Waals surface area contributed by atoms with Crippen molar-refractivity contribution in [1.82, 2.24) is 10.2 Å². The molecule has 0 unspecified atom stereocenters. The summed E-state index contributed by atoms with van der Waals surface area (Å²) in [6.45, 7) is 0. The number of hydrogen-bond donors (Lipinski definition) is 2. The van der Waals surface area contributed by atoms with Crippen LogP contribution in [0.1, 0.15) is 11.1 Å². The van der Waals surface area contributed by atoms with Crippen LogP contribution < -0.4 is 11.0 Å². The number of aromatic nitrogens is 2. The summed E-state index contributed by atoms with van der Waals surface area (Å²) in [5.41, 5.74) is -0.818. The van der Waals surface area contributed by atoms with Crippen molar-refractivity contribution in [2.75, 3.05) is 0 Å². The molecule has 2 aromatic rings. The third-order valence-corrected chi connectivity index (χ3v) is 2.61. The minimum atomic E-state index is -0.743. The van der Waals surface area contributed by atoms with Gasteiger partial charge in [0.1, 0.15) is 11.6 Å². The summed E-state index contributed by atoms with van der Waals surface area (Å²) in [4.78, 5) is 22.5. The first kappa shape index (κ1) is 12.2. The number of aryl methyl sites for hydroxylation is 2. The topological polar surface area (TPSA) is 65.7 Å². The zero-order valence-electron chi connectivity index (χ0n) is 9.30. The molecule has 6 heteroatoms. The molecule has 0 saturated heterocycles. The molecule has 0 saturated carbocycles. The summed E-state index contributed by atoms with van der Waals surface area (Å²) in [6.07, 6.45) is 1.80. The molecule has 0 bridgehead atoms. The van der Waals surface area contributed by atoms with Gasteiger partial charge in [-0.25, -0.2) is 8.78 Å². The van der Waals surface area contributed by atoms with Crippen LogP contribution in [0.25, 0.3) is 0 Å². The molecule has 0 aliphatic carbocycles. The van der Waals surface area contributed by atoms with E-state index < -0.39 is 22.6 Å². The van der Waals surface area contributed by atoms with Crippen LogP contribution in [-0.2, 0) is 12.8 Å². The maximum absolute atomic E-state index is 13.3. The Morgan fingerprint density at radius 1 is 1.06 bits per heavy atom. The first-order valence-electron chi connectivity index (χ1n) is 5.31. The highest BCUT2D eigenvalue weighted by atomic mass is 19.1. The fourth-order valence-electron chi connectivity index (χ4n) is 1.64. The highest BCUT2D eigenvalue weighted by molar-refractivity contribution is 5.20. The van der Waals surface area contributed by atoms with Crippen LogP contribution in [0.4, 0.5) is 8.78 Å². The van der Waals surface area contributed by atoms with Crippen LogP contribution in [0.2, 0.25) is 0 Å². The van der Waals surface area contributed by atoms with Crippen molar-refractivity contribution in [1.29, 1.82) is 0 Å². The Kier molecular flexibility index (Phi) is 3.36. The fourth-order valence-corrected chi connectivity index (χ4v) is 1.64. The molecule has 0 radical (unpaired) electrons. The predicted octanol–water partition coefficient (Wildman–Crippen LogP) is 1.13. The zero-order chi connectivity index (χ0) is 13.1. The molecular formula is C12H10F2N2O2. The Hall–Kier alpha value is -2.24. The summed E-state index contributed by atoms with van der Waals surface area (Å²) in [5.74, 6) is -1.30. The maximum Gasteiger partial charge on any atom is 0.310 e. The number of aromatic amines is 2. The van der Waals surface area contributed by atoms with Crippen molar-refractivity contribution in [3.05, 3.63) is 67.7 Å². The predicted molar refractivity (Wildman–Crippen MR) is 61.4 cm³/mol. The summed E-state index contributed by atoms with van der Waals surface area (Å²) >= 11 is 0. The van der Waals surface area contributed by atoms with E-state index >= 15 is 0 Å². The van der Waals surface area contributed by atoms with E-state index in [-0.39, 0.29) is 18.4 Å². The molecule has 0 fully saturated rings. The van der Waals surface area contributed by atoms with Crippen LogP contribution in [0, 0.1) is 11.6 Å². The third kappa shape index (κ3) is 2.53. The van der Waals surface area contributed by atoms with E-state index in [4.69, 9.17) is 0 Å². The van der Waals surface area contributed by atoms with Gasteiger partial charge < -0.3 is 5.10 Å². The van der Waals surface area contributed by atoms with Crippen molar-refractivity contribution in [2.45, 2.75) is 12.8 Å². The van der Waals surface area contributed by atoms with Crippen molar-refractivity contribution in [3.8, 4) is 0 Å². The van der Waals surface area contributed by atoms with E-state index in [1.54, 1.807) is 0 Å². The van der Waals surface area contributed by atoms with Gasteiger partial charge in [0.15, 0.2) is 0 Å². The van der Waals surface area contributed by atoms with Gasteiger partial charge in [0, 0.05) is 17.8 Å². The highest BCUT2D eigenvalue weighted by Crippen LogP contribution is 2.11. The van der Waals surface area contributed by atoms with Crippen LogP contribution in [0.5, 0.6) is 0 Å². The molecule has 2 N–H and O–H groups in total. The molecule has 2 rings (SSSR count). The molecule has 1 heterocycles. The first-order valence-corrected chi connectivity index (χ1v) is 5.31. The van der Waals surface area contributed by atoms with Crippen molar-refractivity contribution < 1.29 is 8.78 Å². The number of rotatable bonds is 3. The molecule has 1 aromatic carbocycles. The van der Waals surface area contributed by atoms with Gasteiger partial charge in [0.25, 0.3) is 0 Å². The van der Waals surface area contributed by atoms with E-state index in [0.29, 0.717) is 5.56 Å². The number of hydrogen-bond acceptors (Lipinski definition) is 2. The van der Waals surface area contributed by atoms with E-state index in [9.17, 15) is 18.4 Å². The minimum Gasteiger partial charge on any atom is -0.305 e. The summed E-state index contributed by atoms with van der Waals surface area (Å²) in [7, 11) is 0. The second-order valence-electron chi connectivity index (χ2n) is 3.83. The molecule has 4 nitrogen and oxygen atoms in total. The van der Waals surface area contributed by atoms with E-state index in [1.807, 2.05) is 0 Å². The van der Waals surface area contributed by atoms with Gasteiger partial charge in [-0.05, 0) is 24.5 Å². The number of benzene rings is 1. The molecule has 0 aliphatic rings. The molecular weight excluding hydrogens is 242 g/mol. The van der Waals surface area contributed by atoms with Gasteiger partial charge in [0.2, 0.25) is 5.43 Å². The van der Waals surface area contributed by atoms with E-state index in [2.05, 4.69) is 10.2 Å². The molecule has 0 amide bonds. The molecule has 0 spiro atoms. The second-order valence-corrected chi connectivity index (χ2v) is 3.83. The zero-order valence-corrected chi connectivity index (χ0v) is 9.30. The molecule has 0 aliphatic heterocycles. The summed E-state index contributed by atoms with van der Waals surface area (Å²) < 4.78 is 26.0. The normalized spacial score (nSPS) is 10.6. The standard InChI is InChI=1S/C12H10F2N2O2/c13-9-4-3-7(10(14)5-9)1-2-8-6-15-16-12(18)11(8)17/h3-6H,1-2H2,(H,15,17)(H,16,18). The Labute approximate surface area is 100 Å². The largest absolute Gasteiger partial charge is 0.310 e. The average Bonchev–Trinajstić information content (AvgIpc) is 2.33. The van der Waals surface area contributed by atoms with Crippen LogP contribution in [-0.4, -0.2) is 10.2 Å². The smallest absolute Gasteiger partial charge is 0.305 e. The minimum absolute atomic E-state index is 0.210. The van der Waals surface area contributed by atoms with Crippen LogP contribution in [0.15, 0.2) is 34.0 Å². The number of H-pyrrole nitrogens is 2. The quantitative estimate of drug-likeness (QED) is 0.804. The van der Waals surface area contributed by atoms with Crippen molar-refractivity contribution in [3.63, 3.8) is 0 Å². The van der Waals surface area contributed by atoms with E-state index in [0.717, 1.165) is 12.1 Å². The summed E-state index contributed by atoms with van der Waals surface area (Å²) in [5, 5.41) is 4.58. The second kappa shape index (κ2) is 4.95. The lowest BCUT2D eigenvalue weighted by Crippen LogP contribution is -2.30. The summed E-state index contributed by atoms with van der Waals surface area (Å²) in [6, 6.07) is 3.27. The Morgan fingerprint density at radius 2 is 1.78 bits per heavy atom. The van der Waals surface area contributed by atoms with Crippen molar-refractivity contribution >= 4 is 0 Å². The molecule has 18 heavy (non-hydrogen) atoms. The van der Waals surface area contributed by atoms with Gasteiger partial charge >= 0.3 is 5.56 Å². The monoisotopic (exact) mass is 252 g/mol. The van der Waals surface area contributed by atoms with E-state index in [1.165, 1.54) is 12.3 Å². The first-order chi connectivity index (χ1) is 8.58. The lowest BCUT2D eigenvalue weighted by atomic mass is 10.1. The van der Waals surface area contributed by atoms with Gasteiger partial charge in [0.05, 0.1) is 0 Å². The van der Waals surface area contributed by atoms with Crippen molar-refractivity contribution in [2.24, 2.45) is 0 Å². The highest BCUT2D eigenvalue weighted by Gasteiger charge is 2.07. The number of nitrogens with one attached hydrogen (secondary N) is 2. The fraction of sp³-hybridized carbons (Fsp3) is 0.167. The SMILES string of the molecule is O=c1[nH][nH]cc(CCc2ccc(F)cc2F)c1=O. The van der Waals surface area contributed by atoms with Crippen LogP contribution in [0.3, 0.4) is 0 Å². The third-order valence-electron chi connectivity index (χ3n) is 2.61. The Morgan fingerprint density at radius 3 is 2.50 bits per heavy atom. The average molecular weight is 252 g/mol. The molecule has 1 aromatic heterocycles. The Bertz CT molecular complexity index is 676. The maximum atomic E-state index is 13.3. The Balaban J connectivity index is 2.19. The lowest BCUT2D eigenvalue weighted by molar-refractivity contribution is 0.571. The molecule has 0 atom stereocenters. The van der Waals surface area contributed by atoms with Gasteiger partial charge in [-0.2, -0.15) is 0 Å². The van der Waals surface area contributed by atoms with Crippen LogP contribution >= 0.6 is 0 Å². The lowest BCUT2D eigenvalue weighted by Gasteiger charge is -2.02. The number of halogens is 2. The van der Waals surface area contributed by atoms with Gasteiger partial charge in [-0.15, -0.1) is 0 Å². The molecule has 94 valence electrons. The van der Waals surface area contributed by atoms with Gasteiger partial charge in [-0.3, -0.25) is 14.7 Å². The van der Waals surface area contributed by atoms with Gasteiger partial charge in [-0.1, -0.05) is 6.07 Å².